The maximum absolute atomic E-state index is 12.6. The lowest BCUT2D eigenvalue weighted by Crippen LogP contribution is -2.42. The second kappa shape index (κ2) is 8.30. The normalized spacial score (nSPS) is 18.7. The van der Waals surface area contributed by atoms with Gasteiger partial charge in [-0.25, -0.2) is 9.59 Å². The fourth-order valence-electron chi connectivity index (χ4n) is 2.45. The van der Waals surface area contributed by atoms with Gasteiger partial charge in [0.1, 0.15) is 12.1 Å². The molecule has 1 saturated heterocycles. The number of alkyl carbamates (subject to hydrolysis) is 1. The van der Waals surface area contributed by atoms with Crippen LogP contribution in [0.15, 0.2) is 30.3 Å². The maximum atomic E-state index is 12.6. The number of carbonyl (C=O) groups is 5. The average molecular weight is 377 g/mol. The molecule has 27 heavy (non-hydrogen) atoms. The SMILES string of the molecule is CCOC(=O)NC(=O)COC(=O)CN1C(=O)N[C@@](C)(c2ccccc2)C1=O. The summed E-state index contributed by atoms with van der Waals surface area (Å²) in [4.78, 5) is 59.8. The van der Waals surface area contributed by atoms with Crippen molar-refractivity contribution in [2.45, 2.75) is 19.4 Å². The minimum atomic E-state index is -1.31. The topological polar surface area (TPSA) is 131 Å². The third-order valence-corrected chi connectivity index (χ3v) is 3.79. The summed E-state index contributed by atoms with van der Waals surface area (Å²) in [5.74, 6) is -2.49. The number of nitrogens with one attached hydrogen (secondary N) is 2. The number of nitrogens with zero attached hydrogens (tertiary/aromatic N) is 1. The Bertz CT molecular complexity index is 765. The van der Waals surface area contributed by atoms with Gasteiger partial charge in [0.15, 0.2) is 6.61 Å². The Morgan fingerprint density at radius 3 is 2.44 bits per heavy atom. The van der Waals surface area contributed by atoms with E-state index in [9.17, 15) is 24.0 Å². The third kappa shape index (κ3) is 4.60. The van der Waals surface area contributed by atoms with E-state index < -0.39 is 48.6 Å². The summed E-state index contributed by atoms with van der Waals surface area (Å²) in [6, 6.07) is 7.82. The summed E-state index contributed by atoms with van der Waals surface area (Å²) in [6.07, 6.45) is -0.966. The lowest BCUT2D eigenvalue weighted by Gasteiger charge is -2.21. The van der Waals surface area contributed by atoms with Gasteiger partial charge in [0.05, 0.1) is 6.61 Å². The maximum Gasteiger partial charge on any atom is 0.413 e. The minimum absolute atomic E-state index is 0.0747. The van der Waals surface area contributed by atoms with E-state index >= 15 is 0 Å². The number of hydrogen-bond donors (Lipinski definition) is 2. The lowest BCUT2D eigenvalue weighted by molar-refractivity contribution is -0.151. The van der Waals surface area contributed by atoms with Crippen molar-refractivity contribution >= 4 is 29.9 Å². The van der Waals surface area contributed by atoms with Gasteiger partial charge in [-0.3, -0.25) is 24.6 Å². The van der Waals surface area contributed by atoms with Crippen molar-refractivity contribution in [1.82, 2.24) is 15.5 Å². The molecule has 1 fully saturated rings. The molecule has 10 heteroatoms. The zero-order chi connectivity index (χ0) is 20.0. The van der Waals surface area contributed by atoms with Crippen LogP contribution in [0.3, 0.4) is 0 Å². The summed E-state index contributed by atoms with van der Waals surface area (Å²) < 4.78 is 9.19. The van der Waals surface area contributed by atoms with E-state index in [1.54, 1.807) is 37.3 Å². The van der Waals surface area contributed by atoms with Crippen LogP contribution in [0.2, 0.25) is 0 Å². The second-order valence-corrected chi connectivity index (χ2v) is 5.74. The Balaban J connectivity index is 1.92. The van der Waals surface area contributed by atoms with Crippen molar-refractivity contribution < 1.29 is 33.4 Å². The molecule has 0 aromatic heterocycles. The van der Waals surface area contributed by atoms with E-state index in [2.05, 4.69) is 14.8 Å². The molecular weight excluding hydrogens is 358 g/mol. The molecule has 5 amide bonds. The number of carbonyl (C=O) groups excluding carboxylic acids is 5. The van der Waals surface area contributed by atoms with Crippen LogP contribution < -0.4 is 10.6 Å². The van der Waals surface area contributed by atoms with Crippen molar-refractivity contribution in [3.63, 3.8) is 0 Å². The molecule has 0 spiro atoms. The predicted molar refractivity (Wildman–Crippen MR) is 90.2 cm³/mol. The van der Waals surface area contributed by atoms with E-state index in [0.29, 0.717) is 10.5 Å². The Morgan fingerprint density at radius 1 is 1.15 bits per heavy atom. The van der Waals surface area contributed by atoms with Crippen molar-refractivity contribution in [2.75, 3.05) is 19.8 Å². The Morgan fingerprint density at radius 2 is 1.81 bits per heavy atom. The first kappa shape index (κ1) is 19.9. The number of amides is 5. The van der Waals surface area contributed by atoms with Crippen LogP contribution >= 0.6 is 0 Å². The lowest BCUT2D eigenvalue weighted by atomic mass is 9.92. The predicted octanol–water partition coefficient (Wildman–Crippen LogP) is 0.270. The van der Waals surface area contributed by atoms with Crippen molar-refractivity contribution in [2.24, 2.45) is 0 Å². The van der Waals surface area contributed by atoms with Gasteiger partial charge in [-0.15, -0.1) is 0 Å². The van der Waals surface area contributed by atoms with Crippen LogP contribution in [0.5, 0.6) is 0 Å². The summed E-state index contributed by atoms with van der Waals surface area (Å²) in [6.45, 7) is 1.74. The van der Waals surface area contributed by atoms with Crippen molar-refractivity contribution in [1.29, 1.82) is 0 Å². The van der Waals surface area contributed by atoms with Crippen LogP contribution in [0.25, 0.3) is 0 Å². The first-order valence-electron chi connectivity index (χ1n) is 8.09. The highest BCUT2D eigenvalue weighted by Crippen LogP contribution is 2.28. The highest BCUT2D eigenvalue weighted by atomic mass is 16.6. The third-order valence-electron chi connectivity index (χ3n) is 3.79. The van der Waals surface area contributed by atoms with Crippen LogP contribution in [-0.4, -0.2) is 54.6 Å². The summed E-state index contributed by atoms with van der Waals surface area (Å²) in [5, 5.41) is 4.39. The van der Waals surface area contributed by atoms with E-state index in [4.69, 9.17) is 0 Å². The molecule has 1 atom stereocenters. The molecule has 2 N–H and O–H groups in total. The second-order valence-electron chi connectivity index (χ2n) is 5.74. The van der Waals surface area contributed by atoms with Crippen LogP contribution in [0.1, 0.15) is 19.4 Å². The molecule has 1 aliphatic rings. The van der Waals surface area contributed by atoms with Crippen LogP contribution in [-0.2, 0) is 29.4 Å². The van der Waals surface area contributed by atoms with Gasteiger partial charge in [0.2, 0.25) is 0 Å². The van der Waals surface area contributed by atoms with E-state index in [0.717, 1.165) is 0 Å². The summed E-state index contributed by atoms with van der Waals surface area (Å²) in [7, 11) is 0. The minimum Gasteiger partial charge on any atom is -0.454 e. The van der Waals surface area contributed by atoms with Crippen molar-refractivity contribution in [3.8, 4) is 0 Å². The zero-order valence-corrected chi connectivity index (χ0v) is 14.8. The van der Waals surface area contributed by atoms with Gasteiger partial charge < -0.3 is 14.8 Å². The Kier molecular flexibility index (Phi) is 6.11. The molecule has 0 unspecified atom stereocenters. The molecular formula is C17H19N3O7. The van der Waals surface area contributed by atoms with Gasteiger partial charge in [-0.05, 0) is 19.4 Å². The molecule has 144 valence electrons. The molecule has 0 saturated carbocycles. The molecule has 1 aliphatic heterocycles. The first-order chi connectivity index (χ1) is 12.8. The Labute approximate surface area is 154 Å². The van der Waals surface area contributed by atoms with Gasteiger partial charge in [0.25, 0.3) is 11.8 Å². The smallest absolute Gasteiger partial charge is 0.413 e. The molecule has 0 radical (unpaired) electrons. The fraction of sp³-hybridized carbons (Fsp3) is 0.353. The molecule has 1 aromatic carbocycles. The number of esters is 1. The van der Waals surface area contributed by atoms with E-state index in [1.807, 2.05) is 5.32 Å². The highest BCUT2D eigenvalue weighted by Gasteiger charge is 2.49. The fourth-order valence-corrected chi connectivity index (χ4v) is 2.45. The highest BCUT2D eigenvalue weighted by molar-refractivity contribution is 6.08. The Hall–Kier alpha value is -3.43. The number of hydrogen-bond acceptors (Lipinski definition) is 7. The van der Waals surface area contributed by atoms with Gasteiger partial charge in [-0.1, -0.05) is 30.3 Å². The summed E-state index contributed by atoms with van der Waals surface area (Å²) in [5.41, 5.74) is -0.743. The van der Waals surface area contributed by atoms with Crippen LogP contribution in [0, 0.1) is 0 Å². The largest absolute Gasteiger partial charge is 0.454 e. The standard InChI is InChI=1S/C17H19N3O7/c1-3-26-16(25)18-12(21)10-27-13(22)9-20-14(23)17(2,19-15(20)24)11-7-5-4-6-8-11/h4-8H,3,9-10H2,1-2H3,(H,19,24)(H,18,21,25)/t17-/m0/s1. The van der Waals surface area contributed by atoms with Crippen LogP contribution in [0.4, 0.5) is 9.59 Å². The molecule has 0 bridgehead atoms. The van der Waals surface area contributed by atoms with Gasteiger partial charge >= 0.3 is 18.1 Å². The molecule has 1 heterocycles. The molecule has 2 rings (SSSR count). The molecule has 1 aromatic rings. The van der Waals surface area contributed by atoms with E-state index in [1.165, 1.54) is 6.92 Å². The number of rotatable bonds is 6. The van der Waals surface area contributed by atoms with E-state index in [-0.39, 0.29) is 6.61 Å². The van der Waals surface area contributed by atoms with Gasteiger partial charge in [-0.2, -0.15) is 0 Å². The average Bonchev–Trinajstić information content (AvgIpc) is 2.85. The number of urea groups is 1. The molecule has 10 nitrogen and oxygen atoms in total. The monoisotopic (exact) mass is 377 g/mol. The summed E-state index contributed by atoms with van der Waals surface area (Å²) >= 11 is 0. The van der Waals surface area contributed by atoms with Crippen molar-refractivity contribution in [3.05, 3.63) is 35.9 Å². The first-order valence-corrected chi connectivity index (χ1v) is 8.09. The number of imide groups is 2. The number of ether oxygens (including phenoxy) is 2. The van der Waals surface area contributed by atoms with Gasteiger partial charge in [0, 0.05) is 0 Å². The molecule has 0 aliphatic carbocycles. The zero-order valence-electron chi connectivity index (χ0n) is 14.8. The number of benzene rings is 1. The quantitative estimate of drug-likeness (QED) is 0.537.